The smallest absolute Gasteiger partial charge is 0.0712 e. The zero-order valence-corrected chi connectivity index (χ0v) is 14.6. The summed E-state index contributed by atoms with van der Waals surface area (Å²) in [5.74, 6) is 0.708. The molecule has 1 nitrogen and oxygen atoms in total. The Hall–Kier alpha value is -2.15. The number of aromatic nitrogens is 1. The Balaban J connectivity index is 2.06. The van der Waals surface area contributed by atoms with Crippen LogP contribution in [0.2, 0.25) is 0 Å². The van der Waals surface area contributed by atoms with Crippen LogP contribution in [0.5, 0.6) is 0 Å². The lowest BCUT2D eigenvalue weighted by Crippen LogP contribution is -1.99. The number of aryl methyl sites for hydroxylation is 2. The second kappa shape index (κ2) is 6.54. The Morgan fingerprint density at radius 1 is 0.957 bits per heavy atom. The van der Waals surface area contributed by atoms with Crippen molar-refractivity contribution in [3.05, 3.63) is 65.2 Å². The van der Waals surface area contributed by atoms with Crippen LogP contribution in [-0.4, -0.2) is 4.98 Å². The predicted molar refractivity (Wildman–Crippen MR) is 99.8 cm³/mol. The van der Waals surface area contributed by atoms with E-state index in [2.05, 4.69) is 76.2 Å². The van der Waals surface area contributed by atoms with E-state index in [-0.39, 0.29) is 0 Å². The maximum Gasteiger partial charge on any atom is 0.0712 e. The predicted octanol–water partition coefficient (Wildman–Crippen LogP) is 6.11. The highest BCUT2D eigenvalue weighted by atomic mass is 14.7. The molecule has 0 radical (unpaired) electrons. The highest BCUT2D eigenvalue weighted by Gasteiger charge is 2.08. The maximum absolute atomic E-state index is 4.92. The van der Waals surface area contributed by atoms with E-state index >= 15 is 0 Å². The van der Waals surface area contributed by atoms with Gasteiger partial charge in [0.15, 0.2) is 0 Å². The molecule has 0 amide bonds. The third-order valence-corrected chi connectivity index (χ3v) is 4.60. The van der Waals surface area contributed by atoms with Gasteiger partial charge in [-0.3, -0.25) is 0 Å². The van der Waals surface area contributed by atoms with Gasteiger partial charge in [-0.05, 0) is 56.0 Å². The summed E-state index contributed by atoms with van der Waals surface area (Å²) in [6.45, 7) is 8.85. The van der Waals surface area contributed by atoms with Crippen LogP contribution in [0, 0.1) is 19.8 Å². The number of nitrogens with zero attached hydrogens (tertiary/aromatic N) is 1. The molecule has 0 fully saturated rings. The average Bonchev–Trinajstić information content (AvgIpc) is 2.53. The molecule has 3 rings (SSSR count). The Labute approximate surface area is 139 Å². The standard InChI is InChI=1S/C22H25N/c1-5-15(2)12-18-7-6-8-22-20(18)9-10-21(23-22)19-13-16(3)11-17(4)14-19/h6-11,13-15H,5,12H2,1-4H3. The lowest BCUT2D eigenvalue weighted by Gasteiger charge is -2.12. The molecular weight excluding hydrogens is 278 g/mol. The summed E-state index contributed by atoms with van der Waals surface area (Å²) >= 11 is 0. The summed E-state index contributed by atoms with van der Waals surface area (Å²) in [4.78, 5) is 4.92. The Kier molecular flexibility index (Phi) is 4.47. The lowest BCUT2D eigenvalue weighted by molar-refractivity contribution is 0.562. The summed E-state index contributed by atoms with van der Waals surface area (Å²) in [6.07, 6.45) is 2.34. The van der Waals surface area contributed by atoms with Gasteiger partial charge in [0.1, 0.15) is 0 Å². The van der Waals surface area contributed by atoms with Crippen LogP contribution in [0.3, 0.4) is 0 Å². The number of pyridine rings is 1. The van der Waals surface area contributed by atoms with Crippen LogP contribution < -0.4 is 0 Å². The second-order valence-electron chi connectivity index (χ2n) is 6.77. The summed E-state index contributed by atoms with van der Waals surface area (Å²) in [5, 5.41) is 1.29. The van der Waals surface area contributed by atoms with Crippen LogP contribution in [0.1, 0.15) is 37.0 Å². The van der Waals surface area contributed by atoms with Crippen molar-refractivity contribution in [2.75, 3.05) is 0 Å². The van der Waals surface area contributed by atoms with E-state index in [0.29, 0.717) is 5.92 Å². The molecule has 0 saturated heterocycles. The molecule has 23 heavy (non-hydrogen) atoms. The van der Waals surface area contributed by atoms with E-state index in [0.717, 1.165) is 17.6 Å². The van der Waals surface area contributed by atoms with Crippen molar-refractivity contribution in [1.82, 2.24) is 4.98 Å². The minimum Gasteiger partial charge on any atom is -0.248 e. The highest BCUT2D eigenvalue weighted by Crippen LogP contribution is 2.26. The molecular formula is C22H25N. The SMILES string of the molecule is CCC(C)Cc1cccc2nc(-c3cc(C)cc(C)c3)ccc12. The number of hydrogen-bond donors (Lipinski definition) is 0. The summed E-state index contributed by atoms with van der Waals surface area (Å²) in [7, 11) is 0. The van der Waals surface area contributed by atoms with Crippen molar-refractivity contribution < 1.29 is 0 Å². The van der Waals surface area contributed by atoms with Gasteiger partial charge >= 0.3 is 0 Å². The van der Waals surface area contributed by atoms with Crippen LogP contribution >= 0.6 is 0 Å². The first-order valence-electron chi connectivity index (χ1n) is 8.54. The molecule has 1 atom stereocenters. The molecule has 0 aliphatic heterocycles. The maximum atomic E-state index is 4.92. The lowest BCUT2D eigenvalue weighted by atomic mass is 9.95. The van der Waals surface area contributed by atoms with E-state index in [1.165, 1.54) is 34.1 Å². The minimum atomic E-state index is 0.708. The van der Waals surface area contributed by atoms with Gasteiger partial charge in [-0.15, -0.1) is 0 Å². The molecule has 0 aliphatic rings. The van der Waals surface area contributed by atoms with Gasteiger partial charge in [0, 0.05) is 10.9 Å². The zero-order chi connectivity index (χ0) is 16.4. The third-order valence-electron chi connectivity index (χ3n) is 4.60. The first kappa shape index (κ1) is 15.7. The van der Waals surface area contributed by atoms with E-state index < -0.39 is 0 Å². The van der Waals surface area contributed by atoms with Gasteiger partial charge < -0.3 is 0 Å². The van der Waals surface area contributed by atoms with Crippen molar-refractivity contribution in [1.29, 1.82) is 0 Å². The first-order chi connectivity index (χ1) is 11.1. The number of rotatable bonds is 4. The molecule has 1 aromatic heterocycles. The largest absolute Gasteiger partial charge is 0.248 e. The van der Waals surface area contributed by atoms with Crippen molar-refractivity contribution in [3.8, 4) is 11.3 Å². The molecule has 3 aromatic rings. The third kappa shape index (κ3) is 3.44. The number of fused-ring (bicyclic) bond motifs is 1. The van der Waals surface area contributed by atoms with E-state index in [9.17, 15) is 0 Å². The van der Waals surface area contributed by atoms with Crippen LogP contribution in [0.4, 0.5) is 0 Å². The van der Waals surface area contributed by atoms with Gasteiger partial charge in [-0.25, -0.2) is 4.98 Å². The molecule has 0 N–H and O–H groups in total. The fourth-order valence-electron chi connectivity index (χ4n) is 3.20. The molecule has 1 heterocycles. The molecule has 2 aromatic carbocycles. The van der Waals surface area contributed by atoms with Gasteiger partial charge in [-0.2, -0.15) is 0 Å². The van der Waals surface area contributed by atoms with Gasteiger partial charge in [0.05, 0.1) is 11.2 Å². The second-order valence-corrected chi connectivity index (χ2v) is 6.77. The Morgan fingerprint density at radius 3 is 2.39 bits per heavy atom. The quantitative estimate of drug-likeness (QED) is 0.567. The van der Waals surface area contributed by atoms with E-state index in [1.807, 2.05) is 0 Å². The number of benzene rings is 2. The van der Waals surface area contributed by atoms with Gasteiger partial charge in [-0.1, -0.05) is 55.7 Å². The fourth-order valence-corrected chi connectivity index (χ4v) is 3.20. The first-order valence-corrected chi connectivity index (χ1v) is 8.54. The van der Waals surface area contributed by atoms with Crippen molar-refractivity contribution in [2.24, 2.45) is 5.92 Å². The van der Waals surface area contributed by atoms with E-state index in [4.69, 9.17) is 4.98 Å². The Bertz CT molecular complexity index is 812. The van der Waals surface area contributed by atoms with E-state index in [1.54, 1.807) is 0 Å². The highest BCUT2D eigenvalue weighted by molar-refractivity contribution is 5.84. The van der Waals surface area contributed by atoms with Crippen molar-refractivity contribution in [2.45, 2.75) is 40.5 Å². The van der Waals surface area contributed by atoms with Crippen LogP contribution in [0.25, 0.3) is 22.2 Å². The molecule has 0 aliphatic carbocycles. The molecule has 1 heteroatoms. The van der Waals surface area contributed by atoms with Crippen molar-refractivity contribution >= 4 is 10.9 Å². The van der Waals surface area contributed by atoms with Crippen LogP contribution in [0.15, 0.2) is 48.5 Å². The summed E-state index contributed by atoms with van der Waals surface area (Å²) < 4.78 is 0. The van der Waals surface area contributed by atoms with Gasteiger partial charge in [0.25, 0.3) is 0 Å². The zero-order valence-electron chi connectivity index (χ0n) is 14.6. The Morgan fingerprint density at radius 2 is 1.70 bits per heavy atom. The summed E-state index contributed by atoms with van der Waals surface area (Å²) in [5.41, 5.74) is 7.35. The molecule has 118 valence electrons. The number of hydrogen-bond acceptors (Lipinski definition) is 1. The average molecular weight is 303 g/mol. The summed E-state index contributed by atoms with van der Waals surface area (Å²) in [6, 6.07) is 17.5. The molecule has 1 unspecified atom stereocenters. The van der Waals surface area contributed by atoms with Crippen molar-refractivity contribution in [3.63, 3.8) is 0 Å². The van der Waals surface area contributed by atoms with Crippen LogP contribution in [-0.2, 0) is 6.42 Å². The minimum absolute atomic E-state index is 0.708. The molecule has 0 saturated carbocycles. The fraction of sp³-hybridized carbons (Fsp3) is 0.318. The topological polar surface area (TPSA) is 12.9 Å². The molecule has 0 spiro atoms. The van der Waals surface area contributed by atoms with Gasteiger partial charge in [0.2, 0.25) is 0 Å². The normalized spacial score (nSPS) is 12.5. The molecule has 0 bridgehead atoms. The monoisotopic (exact) mass is 303 g/mol.